The van der Waals surface area contributed by atoms with Gasteiger partial charge in [-0.25, -0.2) is 0 Å². The van der Waals surface area contributed by atoms with E-state index in [1.54, 1.807) is 6.92 Å². The lowest BCUT2D eigenvalue weighted by Gasteiger charge is -2.05. The number of ether oxygens (including phenoxy) is 1. The van der Waals surface area contributed by atoms with E-state index in [1.807, 2.05) is 0 Å². The van der Waals surface area contributed by atoms with E-state index in [0.29, 0.717) is 12.2 Å². The third-order valence-electron chi connectivity index (χ3n) is 1.45. The van der Waals surface area contributed by atoms with Crippen LogP contribution in [-0.2, 0) is 4.74 Å². The van der Waals surface area contributed by atoms with Gasteiger partial charge < -0.3 is 14.9 Å². The van der Waals surface area contributed by atoms with E-state index in [4.69, 9.17) is 20.4 Å². The van der Waals surface area contributed by atoms with Crippen molar-refractivity contribution in [1.82, 2.24) is 0 Å². The van der Waals surface area contributed by atoms with Crippen molar-refractivity contribution in [3.63, 3.8) is 0 Å². The molecule has 0 aliphatic heterocycles. The van der Waals surface area contributed by atoms with Crippen LogP contribution in [-0.4, -0.2) is 22.7 Å². The fourth-order valence-corrected chi connectivity index (χ4v) is 0.954. The SMILES string of the molecule is CCOC(=N)c1cc(O)cc(O)c1. The van der Waals surface area contributed by atoms with Gasteiger partial charge in [-0.2, -0.15) is 0 Å². The molecule has 0 aliphatic rings. The quantitative estimate of drug-likeness (QED) is 0.477. The largest absolute Gasteiger partial charge is 0.508 e. The fraction of sp³-hybridized carbons (Fsp3) is 0.222. The van der Waals surface area contributed by atoms with E-state index < -0.39 is 0 Å². The summed E-state index contributed by atoms with van der Waals surface area (Å²) in [5, 5.41) is 25.6. The summed E-state index contributed by atoms with van der Waals surface area (Å²) in [6.07, 6.45) is 0. The maximum absolute atomic E-state index is 9.10. The van der Waals surface area contributed by atoms with Gasteiger partial charge in [-0.15, -0.1) is 0 Å². The summed E-state index contributed by atoms with van der Waals surface area (Å²) in [5.41, 5.74) is 0.361. The van der Waals surface area contributed by atoms with Crippen LogP contribution in [0.3, 0.4) is 0 Å². The normalized spacial score (nSPS) is 9.62. The van der Waals surface area contributed by atoms with E-state index in [-0.39, 0.29) is 17.4 Å². The van der Waals surface area contributed by atoms with Crippen molar-refractivity contribution in [2.24, 2.45) is 0 Å². The van der Waals surface area contributed by atoms with Crippen LogP contribution in [0, 0.1) is 5.41 Å². The number of phenolic OH excluding ortho intramolecular Hbond substituents is 2. The highest BCUT2D eigenvalue weighted by molar-refractivity contribution is 5.92. The Morgan fingerprint density at radius 1 is 1.31 bits per heavy atom. The Morgan fingerprint density at radius 3 is 2.31 bits per heavy atom. The van der Waals surface area contributed by atoms with E-state index in [9.17, 15) is 0 Å². The highest BCUT2D eigenvalue weighted by Gasteiger charge is 2.04. The Labute approximate surface area is 75.9 Å². The molecule has 0 unspecified atom stereocenters. The molecular weight excluding hydrogens is 170 g/mol. The summed E-state index contributed by atoms with van der Waals surface area (Å²) in [6, 6.07) is 3.91. The van der Waals surface area contributed by atoms with E-state index in [0.717, 1.165) is 0 Å². The number of hydrogen-bond acceptors (Lipinski definition) is 4. The molecule has 0 bridgehead atoms. The van der Waals surface area contributed by atoms with Gasteiger partial charge in [-0.05, 0) is 19.1 Å². The molecule has 0 heterocycles. The Balaban J connectivity index is 2.94. The number of phenols is 2. The van der Waals surface area contributed by atoms with Gasteiger partial charge >= 0.3 is 0 Å². The van der Waals surface area contributed by atoms with Crippen LogP contribution in [0.1, 0.15) is 12.5 Å². The molecule has 13 heavy (non-hydrogen) atoms. The molecule has 0 radical (unpaired) electrons. The van der Waals surface area contributed by atoms with Crippen LogP contribution in [0.4, 0.5) is 0 Å². The topological polar surface area (TPSA) is 73.5 Å². The van der Waals surface area contributed by atoms with Crippen molar-refractivity contribution in [2.45, 2.75) is 6.92 Å². The molecule has 3 N–H and O–H groups in total. The molecule has 0 spiro atoms. The van der Waals surface area contributed by atoms with Crippen LogP contribution in [0.15, 0.2) is 18.2 Å². The minimum Gasteiger partial charge on any atom is -0.508 e. The first-order valence-corrected chi connectivity index (χ1v) is 3.88. The van der Waals surface area contributed by atoms with Crippen LogP contribution < -0.4 is 0 Å². The molecule has 4 nitrogen and oxygen atoms in total. The maximum Gasteiger partial charge on any atom is 0.213 e. The Kier molecular flexibility index (Phi) is 2.74. The maximum atomic E-state index is 9.10. The van der Waals surface area contributed by atoms with Gasteiger partial charge in [0.2, 0.25) is 5.90 Å². The van der Waals surface area contributed by atoms with Crippen LogP contribution >= 0.6 is 0 Å². The Bertz CT molecular complexity index is 302. The van der Waals surface area contributed by atoms with Gasteiger partial charge in [0.15, 0.2) is 0 Å². The monoisotopic (exact) mass is 181 g/mol. The van der Waals surface area contributed by atoms with Gasteiger partial charge in [0.05, 0.1) is 6.61 Å². The molecule has 0 aliphatic carbocycles. The highest BCUT2D eigenvalue weighted by atomic mass is 16.5. The summed E-state index contributed by atoms with van der Waals surface area (Å²) in [5.74, 6) is -0.229. The molecule has 1 aromatic carbocycles. The van der Waals surface area contributed by atoms with Crippen LogP contribution in [0.25, 0.3) is 0 Å². The van der Waals surface area contributed by atoms with Crippen molar-refractivity contribution in [1.29, 1.82) is 5.41 Å². The molecule has 70 valence electrons. The minimum atomic E-state index is -0.0838. The van der Waals surface area contributed by atoms with Gasteiger partial charge in [0, 0.05) is 11.6 Å². The average molecular weight is 181 g/mol. The summed E-state index contributed by atoms with van der Waals surface area (Å²) in [7, 11) is 0. The third-order valence-corrected chi connectivity index (χ3v) is 1.45. The van der Waals surface area contributed by atoms with Crippen molar-refractivity contribution in [2.75, 3.05) is 6.61 Å². The molecule has 0 amide bonds. The molecule has 0 saturated carbocycles. The lowest BCUT2D eigenvalue weighted by atomic mass is 10.2. The molecule has 1 rings (SSSR count). The molecule has 0 saturated heterocycles. The summed E-state index contributed by atoms with van der Waals surface area (Å²) >= 11 is 0. The van der Waals surface area contributed by atoms with Gasteiger partial charge in [-0.1, -0.05) is 0 Å². The first-order chi connectivity index (χ1) is 6.13. The Morgan fingerprint density at radius 2 is 1.85 bits per heavy atom. The molecular formula is C9H11NO3. The number of nitrogens with one attached hydrogen (secondary N) is 1. The second-order valence-corrected chi connectivity index (χ2v) is 2.50. The van der Waals surface area contributed by atoms with Gasteiger partial charge in [-0.3, -0.25) is 5.41 Å². The molecule has 0 fully saturated rings. The zero-order chi connectivity index (χ0) is 9.84. The first kappa shape index (κ1) is 9.38. The lowest BCUT2D eigenvalue weighted by Crippen LogP contribution is -2.04. The fourth-order valence-electron chi connectivity index (χ4n) is 0.954. The molecule has 1 aromatic rings. The summed E-state index contributed by atoms with van der Waals surface area (Å²) in [6.45, 7) is 2.15. The number of hydrogen-bond donors (Lipinski definition) is 3. The van der Waals surface area contributed by atoms with E-state index in [1.165, 1.54) is 18.2 Å². The lowest BCUT2D eigenvalue weighted by molar-refractivity contribution is 0.325. The summed E-state index contributed by atoms with van der Waals surface area (Å²) < 4.78 is 4.90. The zero-order valence-electron chi connectivity index (χ0n) is 7.24. The second-order valence-electron chi connectivity index (χ2n) is 2.50. The smallest absolute Gasteiger partial charge is 0.213 e. The number of aromatic hydroxyl groups is 2. The number of benzene rings is 1. The zero-order valence-corrected chi connectivity index (χ0v) is 7.24. The van der Waals surface area contributed by atoms with E-state index >= 15 is 0 Å². The van der Waals surface area contributed by atoms with Crippen LogP contribution in [0.5, 0.6) is 11.5 Å². The van der Waals surface area contributed by atoms with E-state index in [2.05, 4.69) is 0 Å². The van der Waals surface area contributed by atoms with Crippen molar-refractivity contribution in [3.05, 3.63) is 23.8 Å². The highest BCUT2D eigenvalue weighted by Crippen LogP contribution is 2.20. The molecule has 0 aromatic heterocycles. The van der Waals surface area contributed by atoms with Gasteiger partial charge in [0.25, 0.3) is 0 Å². The number of rotatable bonds is 2. The molecule has 0 atom stereocenters. The van der Waals surface area contributed by atoms with Crippen molar-refractivity contribution >= 4 is 5.90 Å². The molecule has 4 heteroatoms. The summed E-state index contributed by atoms with van der Waals surface area (Å²) in [4.78, 5) is 0. The minimum absolute atomic E-state index is 0.0614. The Hall–Kier alpha value is -1.71. The second kappa shape index (κ2) is 3.80. The first-order valence-electron chi connectivity index (χ1n) is 3.88. The van der Waals surface area contributed by atoms with Crippen molar-refractivity contribution in [3.8, 4) is 11.5 Å². The van der Waals surface area contributed by atoms with Gasteiger partial charge in [0.1, 0.15) is 11.5 Å². The standard InChI is InChI=1S/C9H11NO3/c1-2-13-9(10)6-3-7(11)5-8(12)4-6/h3-5,10-12H,2H2,1H3. The third kappa shape index (κ3) is 2.37. The van der Waals surface area contributed by atoms with Crippen LogP contribution in [0.2, 0.25) is 0 Å². The predicted octanol–water partition coefficient (Wildman–Crippen LogP) is 1.46. The average Bonchev–Trinajstić information content (AvgIpc) is 2.03. The predicted molar refractivity (Wildman–Crippen MR) is 48.2 cm³/mol. The van der Waals surface area contributed by atoms with Crippen molar-refractivity contribution < 1.29 is 14.9 Å².